The molecule has 0 aliphatic heterocycles. The van der Waals surface area contributed by atoms with Gasteiger partial charge in [0.2, 0.25) is 0 Å². The summed E-state index contributed by atoms with van der Waals surface area (Å²) in [4.78, 5) is 0. The van der Waals surface area contributed by atoms with Gasteiger partial charge < -0.3 is 42.6 Å². The van der Waals surface area contributed by atoms with Gasteiger partial charge in [0.15, 0.2) is 0 Å². The number of rotatable bonds is 15. The Balaban J connectivity index is 0.000000433. The van der Waals surface area contributed by atoms with Gasteiger partial charge in [0.05, 0.1) is 64.0 Å². The van der Waals surface area contributed by atoms with Crippen molar-refractivity contribution >= 4 is 0 Å². The maximum atomic E-state index is 5.27. The lowest BCUT2D eigenvalue weighted by Crippen LogP contribution is -1.98. The Morgan fingerprint density at radius 1 is 0.236 bits per heavy atom. The van der Waals surface area contributed by atoms with Crippen LogP contribution in [0.2, 0.25) is 0 Å². The molecule has 9 heteroatoms. The second-order valence-electron chi connectivity index (χ2n) is 18.6. The molecule has 0 aromatic heterocycles. The van der Waals surface area contributed by atoms with Crippen LogP contribution >= 0.6 is 0 Å². The van der Waals surface area contributed by atoms with Gasteiger partial charge in [-0.15, -0.1) is 0 Å². The van der Waals surface area contributed by atoms with Crippen LogP contribution in [0.3, 0.4) is 0 Å². The van der Waals surface area contributed by atoms with Crippen molar-refractivity contribution in [3.05, 3.63) is 161 Å². The molecule has 0 saturated carbocycles. The average molecular weight is 991 g/mol. The minimum Gasteiger partial charge on any atom is -0.497 e. The van der Waals surface area contributed by atoms with Crippen molar-refractivity contribution in [2.45, 2.75) is 119 Å². The Hall–Kier alpha value is -6.48. The predicted octanol–water partition coefficient (Wildman–Crippen LogP) is 16.9. The molecular formula is C63H90O9. The van der Waals surface area contributed by atoms with E-state index in [0.717, 1.165) is 57.3 Å². The summed E-state index contributed by atoms with van der Waals surface area (Å²) in [5, 5.41) is 0. The topological polar surface area (TPSA) is 83.1 Å². The van der Waals surface area contributed by atoms with E-state index < -0.39 is 0 Å². The van der Waals surface area contributed by atoms with E-state index in [4.69, 9.17) is 42.6 Å². The van der Waals surface area contributed by atoms with Crippen LogP contribution in [0.15, 0.2) is 127 Å². The molecular weight excluding hydrogens is 901 g/mol. The Kier molecular flexibility index (Phi) is 30.7. The first-order chi connectivity index (χ1) is 34.3. The summed E-state index contributed by atoms with van der Waals surface area (Å²) >= 11 is 0. The van der Waals surface area contributed by atoms with E-state index in [1.807, 2.05) is 97.1 Å². The third-order valence-electron chi connectivity index (χ3n) is 11.5. The molecule has 0 aliphatic rings. The van der Waals surface area contributed by atoms with E-state index in [-0.39, 0.29) is 0 Å². The summed E-state index contributed by atoms with van der Waals surface area (Å²) in [7, 11) is 15.1. The molecule has 0 bridgehead atoms. The normalized spacial score (nSPS) is 10.2. The van der Waals surface area contributed by atoms with Crippen molar-refractivity contribution in [3.63, 3.8) is 0 Å². The number of hydrogen-bond acceptors (Lipinski definition) is 9. The maximum Gasteiger partial charge on any atom is 0.126 e. The van der Waals surface area contributed by atoms with Crippen LogP contribution in [0.1, 0.15) is 152 Å². The molecule has 0 unspecified atom stereocenters. The van der Waals surface area contributed by atoms with Crippen LogP contribution in [0.5, 0.6) is 51.7 Å². The van der Waals surface area contributed by atoms with Gasteiger partial charge in [-0.05, 0) is 124 Å². The van der Waals surface area contributed by atoms with Crippen LogP contribution < -0.4 is 42.6 Å². The number of methoxy groups -OCH3 is 9. The first kappa shape index (κ1) is 63.5. The van der Waals surface area contributed by atoms with Crippen molar-refractivity contribution in [2.75, 3.05) is 64.0 Å². The fourth-order valence-corrected chi connectivity index (χ4v) is 7.04. The Bertz CT molecular complexity index is 2320. The number of hydrogen-bond donors (Lipinski definition) is 0. The third-order valence-corrected chi connectivity index (χ3v) is 11.5. The van der Waals surface area contributed by atoms with Crippen LogP contribution in [-0.4, -0.2) is 64.0 Å². The van der Waals surface area contributed by atoms with E-state index in [2.05, 4.69) is 113 Å². The quantitative estimate of drug-likeness (QED) is 0.0999. The van der Waals surface area contributed by atoms with E-state index in [0.29, 0.717) is 35.5 Å². The summed E-state index contributed by atoms with van der Waals surface area (Å²) in [6.45, 7) is 25.9. The summed E-state index contributed by atoms with van der Waals surface area (Å²) in [6, 6.07) is 42.2. The smallest absolute Gasteiger partial charge is 0.126 e. The minimum absolute atomic E-state index is 0.408. The third kappa shape index (κ3) is 22.3. The summed E-state index contributed by atoms with van der Waals surface area (Å²) in [6.07, 6.45) is 0. The molecule has 0 heterocycles. The Morgan fingerprint density at radius 2 is 0.625 bits per heavy atom. The Labute approximate surface area is 436 Å². The van der Waals surface area contributed by atoms with Crippen molar-refractivity contribution in [2.24, 2.45) is 0 Å². The molecule has 0 amide bonds. The fourth-order valence-electron chi connectivity index (χ4n) is 7.04. The summed E-state index contributed by atoms with van der Waals surface area (Å²) < 4.78 is 46.6. The molecule has 0 aliphatic carbocycles. The highest BCUT2D eigenvalue weighted by Gasteiger charge is 2.13. The van der Waals surface area contributed by atoms with Crippen molar-refractivity contribution < 1.29 is 42.6 Å². The van der Waals surface area contributed by atoms with Crippen LogP contribution in [0.25, 0.3) is 0 Å². The molecule has 396 valence electrons. The van der Waals surface area contributed by atoms with Crippen LogP contribution in [-0.2, 0) is 0 Å². The van der Waals surface area contributed by atoms with Gasteiger partial charge in [-0.25, -0.2) is 0 Å². The zero-order valence-corrected chi connectivity index (χ0v) is 47.8. The molecule has 0 radical (unpaired) electrons. The average Bonchev–Trinajstić information content (AvgIpc) is 3.40. The second-order valence-corrected chi connectivity index (χ2v) is 18.6. The Morgan fingerprint density at radius 3 is 1.03 bits per heavy atom. The summed E-state index contributed by atoms with van der Waals surface area (Å²) in [5.41, 5.74) is 7.53. The fraction of sp³-hybridized carbons (Fsp3) is 0.429. The largest absolute Gasteiger partial charge is 0.497 e. The molecule has 6 aromatic rings. The summed E-state index contributed by atoms with van der Waals surface area (Å²) in [5.74, 6) is 11.2. The first-order valence-corrected chi connectivity index (χ1v) is 24.9. The molecule has 0 atom stereocenters. The standard InChI is InChI=1S/3C11H16O2.3C10H14O/c1-8(2)9-5-10(12-3)7-11(6-9)13-4;1-8(2)10-6-5-9(12-3)7-11(10)13-4;1-8(2)11-9(12-3)6-5-7-10(11)13-4;1-8(2)9-4-6-10(11-3)7-5-9;1-8(2)9-5-4-6-10(7-9)11-3;1-8(2)9-6-4-5-7-10(9)11-3/h3*5-8H,1-4H3;3*4-8H,1-3H3. The molecule has 0 spiro atoms. The predicted molar refractivity (Wildman–Crippen MR) is 302 cm³/mol. The molecule has 0 N–H and O–H groups in total. The zero-order valence-electron chi connectivity index (χ0n) is 47.8. The number of benzene rings is 6. The molecule has 0 saturated heterocycles. The van der Waals surface area contributed by atoms with Gasteiger partial charge in [0.25, 0.3) is 0 Å². The van der Waals surface area contributed by atoms with Gasteiger partial charge in [-0.1, -0.05) is 138 Å². The highest BCUT2D eigenvalue weighted by Crippen LogP contribution is 2.35. The molecule has 6 rings (SSSR count). The lowest BCUT2D eigenvalue weighted by Gasteiger charge is -2.15. The maximum absolute atomic E-state index is 5.27. The van der Waals surface area contributed by atoms with E-state index >= 15 is 0 Å². The van der Waals surface area contributed by atoms with Gasteiger partial charge in [-0.2, -0.15) is 0 Å². The highest BCUT2D eigenvalue weighted by atomic mass is 16.5. The molecule has 0 fully saturated rings. The molecule has 9 nitrogen and oxygen atoms in total. The lowest BCUT2D eigenvalue weighted by molar-refractivity contribution is 0.382. The monoisotopic (exact) mass is 991 g/mol. The SMILES string of the molecule is COc1cc(OC)cc(C(C)C)c1.COc1ccc(C(C)C)c(OC)c1.COc1ccc(C(C)C)cc1.COc1cccc(C(C)C)c1.COc1cccc(OC)c1C(C)C.COc1ccccc1C(C)C. The van der Waals surface area contributed by atoms with Crippen molar-refractivity contribution in [1.29, 1.82) is 0 Å². The number of ether oxygens (including phenoxy) is 9. The van der Waals surface area contributed by atoms with Gasteiger partial charge in [-0.3, -0.25) is 0 Å². The van der Waals surface area contributed by atoms with Crippen molar-refractivity contribution in [3.8, 4) is 51.7 Å². The van der Waals surface area contributed by atoms with Gasteiger partial charge in [0.1, 0.15) is 51.7 Å². The van der Waals surface area contributed by atoms with Gasteiger partial charge >= 0.3 is 0 Å². The lowest BCUT2D eigenvalue weighted by atomic mass is 10.0. The van der Waals surface area contributed by atoms with Crippen LogP contribution in [0.4, 0.5) is 0 Å². The highest BCUT2D eigenvalue weighted by molar-refractivity contribution is 5.47. The van der Waals surface area contributed by atoms with Crippen molar-refractivity contribution in [1.82, 2.24) is 0 Å². The van der Waals surface area contributed by atoms with Crippen LogP contribution in [0, 0.1) is 0 Å². The first-order valence-electron chi connectivity index (χ1n) is 24.9. The molecule has 6 aromatic carbocycles. The minimum atomic E-state index is 0.408. The molecule has 72 heavy (non-hydrogen) atoms. The van der Waals surface area contributed by atoms with Gasteiger partial charge in [0, 0.05) is 17.7 Å². The second kappa shape index (κ2) is 34.8. The van der Waals surface area contributed by atoms with E-state index in [9.17, 15) is 0 Å². The number of para-hydroxylation sites is 1. The van der Waals surface area contributed by atoms with E-state index in [1.54, 1.807) is 64.0 Å². The van der Waals surface area contributed by atoms with E-state index in [1.165, 1.54) is 27.8 Å². The zero-order chi connectivity index (χ0) is 54.3.